The Balaban J connectivity index is 1.57. The first kappa shape index (κ1) is 17.1. The van der Waals surface area contributed by atoms with Crippen molar-refractivity contribution in [3.8, 4) is 17.3 Å². The number of hydrogen-bond acceptors (Lipinski definition) is 2. The fraction of sp³-hybridized carbons (Fsp3) is 0.286. The number of hydrogen-bond donors (Lipinski definition) is 2. The van der Waals surface area contributed by atoms with Gasteiger partial charge in [0.1, 0.15) is 12.4 Å². The summed E-state index contributed by atoms with van der Waals surface area (Å²) >= 11 is 0. The number of nitrogens with zero attached hydrogens (tertiary/aromatic N) is 1. The number of rotatable bonds is 7. The number of imidazole rings is 1. The third-order valence-electron chi connectivity index (χ3n) is 4.07. The van der Waals surface area contributed by atoms with Gasteiger partial charge in [-0.15, -0.1) is 0 Å². The van der Waals surface area contributed by atoms with Gasteiger partial charge < -0.3 is 14.7 Å². The number of ether oxygens (including phenoxy) is 1. The summed E-state index contributed by atoms with van der Waals surface area (Å²) in [6, 6.07) is 9.99. The number of fused-ring (bicyclic) bond motifs is 1. The molecular formula is C21H25N3O. The molecule has 0 aliphatic carbocycles. The van der Waals surface area contributed by atoms with Crippen LogP contribution in [0.25, 0.3) is 22.6 Å². The van der Waals surface area contributed by atoms with E-state index in [2.05, 4.69) is 47.9 Å². The molecule has 0 bridgehead atoms. The smallest absolute Gasteiger partial charge is 0.155 e. The molecule has 3 aromatic rings. The fourth-order valence-electron chi connectivity index (χ4n) is 2.65. The molecule has 0 unspecified atom stereocenters. The lowest BCUT2D eigenvalue weighted by Gasteiger charge is -2.01. The van der Waals surface area contributed by atoms with Gasteiger partial charge >= 0.3 is 0 Å². The minimum absolute atomic E-state index is 0.581. The molecule has 0 aliphatic rings. The van der Waals surface area contributed by atoms with E-state index in [1.807, 2.05) is 36.5 Å². The Kier molecular flexibility index (Phi) is 5.39. The van der Waals surface area contributed by atoms with Gasteiger partial charge in [-0.05, 0) is 51.8 Å². The molecule has 2 aromatic heterocycles. The first-order chi connectivity index (χ1) is 12.1. The van der Waals surface area contributed by atoms with Gasteiger partial charge in [0.2, 0.25) is 0 Å². The average Bonchev–Trinajstić information content (AvgIpc) is 3.20. The number of benzene rings is 1. The molecule has 2 heterocycles. The Labute approximate surface area is 148 Å². The molecule has 25 heavy (non-hydrogen) atoms. The maximum absolute atomic E-state index is 5.82. The molecule has 0 amide bonds. The maximum atomic E-state index is 5.82. The molecule has 0 spiro atoms. The molecule has 1 aromatic carbocycles. The Morgan fingerprint density at radius 3 is 2.80 bits per heavy atom. The maximum Gasteiger partial charge on any atom is 0.155 e. The van der Waals surface area contributed by atoms with Crippen molar-refractivity contribution < 1.29 is 4.74 Å². The van der Waals surface area contributed by atoms with E-state index in [4.69, 9.17) is 4.74 Å². The minimum Gasteiger partial charge on any atom is -0.488 e. The first-order valence-corrected chi connectivity index (χ1v) is 8.67. The second-order valence-corrected chi connectivity index (χ2v) is 6.53. The van der Waals surface area contributed by atoms with Gasteiger partial charge in [-0.25, -0.2) is 4.98 Å². The van der Waals surface area contributed by atoms with E-state index in [1.54, 1.807) is 0 Å². The van der Waals surface area contributed by atoms with Crippen LogP contribution in [0.15, 0.2) is 59.8 Å². The predicted octanol–water partition coefficient (Wildman–Crippen LogP) is 5.63. The molecular weight excluding hydrogens is 310 g/mol. The van der Waals surface area contributed by atoms with Crippen molar-refractivity contribution in [2.45, 2.75) is 33.6 Å². The predicted molar refractivity (Wildman–Crippen MR) is 104 cm³/mol. The van der Waals surface area contributed by atoms with E-state index in [0.29, 0.717) is 6.61 Å². The van der Waals surface area contributed by atoms with Crippen molar-refractivity contribution in [3.05, 3.63) is 59.8 Å². The van der Waals surface area contributed by atoms with Crippen LogP contribution < -0.4 is 4.74 Å². The van der Waals surface area contributed by atoms with Gasteiger partial charge in [-0.1, -0.05) is 29.4 Å². The standard InChI is InChI=1S/C21H25N3O/c1-15(2)7-6-8-16(3)11-12-25-17-13-20(22-14-17)21-23-18-9-4-5-10-19(18)24-21/h4-5,7,9-11,13-14,22H,6,8,12H2,1-3H3,(H,23,24). The number of para-hydroxylation sites is 2. The minimum atomic E-state index is 0.581. The third-order valence-corrected chi connectivity index (χ3v) is 4.07. The highest BCUT2D eigenvalue weighted by Crippen LogP contribution is 2.23. The van der Waals surface area contributed by atoms with E-state index in [-0.39, 0.29) is 0 Å². The van der Waals surface area contributed by atoms with Gasteiger partial charge in [0.25, 0.3) is 0 Å². The first-order valence-electron chi connectivity index (χ1n) is 8.67. The lowest BCUT2D eigenvalue weighted by atomic mass is 10.1. The van der Waals surface area contributed by atoms with Crippen molar-refractivity contribution in [3.63, 3.8) is 0 Å². The molecule has 4 heteroatoms. The zero-order chi connectivity index (χ0) is 17.6. The summed E-state index contributed by atoms with van der Waals surface area (Å²) in [6.07, 6.45) is 8.45. The summed E-state index contributed by atoms with van der Waals surface area (Å²) in [5, 5.41) is 0. The van der Waals surface area contributed by atoms with Crippen molar-refractivity contribution >= 4 is 11.0 Å². The van der Waals surface area contributed by atoms with Gasteiger partial charge in [-0.2, -0.15) is 0 Å². The van der Waals surface area contributed by atoms with E-state index < -0.39 is 0 Å². The zero-order valence-electron chi connectivity index (χ0n) is 15.1. The van der Waals surface area contributed by atoms with Gasteiger partial charge in [-0.3, -0.25) is 0 Å². The lowest BCUT2D eigenvalue weighted by molar-refractivity contribution is 0.362. The van der Waals surface area contributed by atoms with E-state index >= 15 is 0 Å². The Morgan fingerprint density at radius 2 is 2.00 bits per heavy atom. The number of H-pyrrole nitrogens is 2. The molecule has 0 saturated heterocycles. The van der Waals surface area contributed by atoms with Crippen molar-refractivity contribution in [2.24, 2.45) is 0 Å². The Hall–Kier alpha value is -2.75. The second-order valence-electron chi connectivity index (χ2n) is 6.53. The van der Waals surface area contributed by atoms with Gasteiger partial charge in [0.15, 0.2) is 5.82 Å². The van der Waals surface area contributed by atoms with Crippen LogP contribution in [0, 0.1) is 0 Å². The molecule has 130 valence electrons. The lowest BCUT2D eigenvalue weighted by Crippen LogP contribution is -1.93. The van der Waals surface area contributed by atoms with Gasteiger partial charge in [0, 0.05) is 12.3 Å². The summed E-state index contributed by atoms with van der Waals surface area (Å²) in [5.41, 5.74) is 5.64. The van der Waals surface area contributed by atoms with E-state index in [9.17, 15) is 0 Å². The summed E-state index contributed by atoms with van der Waals surface area (Å²) in [7, 11) is 0. The molecule has 0 aliphatic heterocycles. The highest BCUT2D eigenvalue weighted by atomic mass is 16.5. The van der Waals surface area contributed by atoms with E-state index in [1.165, 1.54) is 11.1 Å². The van der Waals surface area contributed by atoms with Crippen molar-refractivity contribution in [1.82, 2.24) is 15.0 Å². The third kappa shape index (κ3) is 4.63. The van der Waals surface area contributed by atoms with E-state index in [0.717, 1.165) is 41.1 Å². The number of allylic oxidation sites excluding steroid dienone is 3. The largest absolute Gasteiger partial charge is 0.488 e. The van der Waals surface area contributed by atoms with Crippen LogP contribution in [0.1, 0.15) is 33.6 Å². The van der Waals surface area contributed by atoms with Crippen LogP contribution in [0.5, 0.6) is 5.75 Å². The zero-order valence-corrected chi connectivity index (χ0v) is 15.1. The van der Waals surface area contributed by atoms with Crippen LogP contribution in [-0.4, -0.2) is 21.6 Å². The topological polar surface area (TPSA) is 53.7 Å². The summed E-state index contributed by atoms with van der Waals surface area (Å²) in [4.78, 5) is 11.1. The normalized spacial score (nSPS) is 11.7. The summed E-state index contributed by atoms with van der Waals surface area (Å²) < 4.78 is 5.82. The highest BCUT2D eigenvalue weighted by molar-refractivity contribution is 5.78. The van der Waals surface area contributed by atoms with Crippen LogP contribution in [-0.2, 0) is 0 Å². The van der Waals surface area contributed by atoms with Crippen LogP contribution in [0.2, 0.25) is 0 Å². The fourth-order valence-corrected chi connectivity index (χ4v) is 2.65. The highest BCUT2D eigenvalue weighted by Gasteiger charge is 2.07. The molecule has 0 fully saturated rings. The molecule has 0 saturated carbocycles. The van der Waals surface area contributed by atoms with Crippen LogP contribution in [0.3, 0.4) is 0 Å². The van der Waals surface area contributed by atoms with Crippen molar-refractivity contribution in [1.29, 1.82) is 0 Å². The monoisotopic (exact) mass is 335 g/mol. The molecule has 3 rings (SSSR count). The van der Waals surface area contributed by atoms with Gasteiger partial charge in [0.05, 0.1) is 16.7 Å². The number of aromatic nitrogens is 3. The Bertz CT molecular complexity index is 862. The quantitative estimate of drug-likeness (QED) is 0.550. The van der Waals surface area contributed by atoms with Crippen LogP contribution >= 0.6 is 0 Å². The summed E-state index contributed by atoms with van der Waals surface area (Å²) in [6.45, 7) is 7.00. The SMILES string of the molecule is CC(C)=CCCC(C)=CCOc1c[nH]c(-c2nc3ccccc3[nH]2)c1. The van der Waals surface area contributed by atoms with Crippen molar-refractivity contribution in [2.75, 3.05) is 6.61 Å². The second kappa shape index (κ2) is 7.88. The molecule has 4 nitrogen and oxygen atoms in total. The average molecular weight is 335 g/mol. The number of nitrogens with one attached hydrogen (secondary N) is 2. The molecule has 2 N–H and O–H groups in total. The van der Waals surface area contributed by atoms with Crippen LogP contribution in [0.4, 0.5) is 0 Å². The Morgan fingerprint density at radius 1 is 1.16 bits per heavy atom. The number of aromatic amines is 2. The summed E-state index contributed by atoms with van der Waals surface area (Å²) in [5.74, 6) is 1.65. The molecule has 0 atom stereocenters. The molecule has 0 radical (unpaired) electrons.